The minimum Gasteiger partial charge on any atom is -0.355 e. The van der Waals surface area contributed by atoms with E-state index in [1.807, 2.05) is 36.4 Å². The zero-order valence-electron chi connectivity index (χ0n) is 14.4. The molecule has 3 heterocycles. The van der Waals surface area contributed by atoms with Crippen molar-refractivity contribution in [3.63, 3.8) is 0 Å². The molecule has 8 nitrogen and oxygen atoms in total. The molecule has 2 aromatic rings. The van der Waals surface area contributed by atoms with Gasteiger partial charge < -0.3 is 19.7 Å². The van der Waals surface area contributed by atoms with E-state index >= 15 is 0 Å². The van der Waals surface area contributed by atoms with Crippen LogP contribution in [-0.4, -0.2) is 48.3 Å². The van der Waals surface area contributed by atoms with Crippen LogP contribution in [0.5, 0.6) is 0 Å². The molecule has 8 heteroatoms. The van der Waals surface area contributed by atoms with E-state index in [0.717, 1.165) is 31.7 Å². The van der Waals surface area contributed by atoms with Crippen molar-refractivity contribution in [1.82, 2.24) is 10.2 Å². The largest absolute Gasteiger partial charge is 0.355 e. The van der Waals surface area contributed by atoms with E-state index in [1.54, 1.807) is 6.07 Å². The number of ether oxygens (including phenoxy) is 2. The third-order valence-electron chi connectivity index (χ3n) is 4.59. The fraction of sp³-hybridized carbons (Fsp3) is 0.389. The SMILES string of the molecule is O=C(Nc1ccccc1)Nc1ccc(N2CCC3(CC2)OCCO3)nn1. The number of aromatic nitrogens is 2. The molecule has 0 unspecified atom stereocenters. The van der Waals surface area contributed by atoms with E-state index in [2.05, 4.69) is 25.7 Å². The van der Waals surface area contributed by atoms with Crippen LogP contribution >= 0.6 is 0 Å². The molecule has 1 aromatic heterocycles. The number of benzene rings is 1. The summed E-state index contributed by atoms with van der Waals surface area (Å²) in [6, 6.07) is 12.5. The van der Waals surface area contributed by atoms with Gasteiger partial charge in [0.05, 0.1) is 13.2 Å². The van der Waals surface area contributed by atoms with Gasteiger partial charge >= 0.3 is 6.03 Å². The second kappa shape index (κ2) is 7.27. The average Bonchev–Trinajstić information content (AvgIpc) is 3.12. The molecule has 0 aliphatic carbocycles. The number of hydrogen-bond acceptors (Lipinski definition) is 6. The Hall–Kier alpha value is -2.71. The Labute approximate surface area is 151 Å². The van der Waals surface area contributed by atoms with Crippen molar-refractivity contribution in [1.29, 1.82) is 0 Å². The molecule has 136 valence electrons. The van der Waals surface area contributed by atoms with E-state index in [4.69, 9.17) is 9.47 Å². The molecule has 2 fully saturated rings. The molecule has 1 aromatic carbocycles. The number of carbonyl (C=O) groups excluding carboxylic acids is 1. The van der Waals surface area contributed by atoms with Crippen LogP contribution in [0.2, 0.25) is 0 Å². The summed E-state index contributed by atoms with van der Waals surface area (Å²) < 4.78 is 11.5. The highest BCUT2D eigenvalue weighted by Gasteiger charge is 2.40. The first-order chi connectivity index (χ1) is 12.7. The van der Waals surface area contributed by atoms with Crippen molar-refractivity contribution in [3.8, 4) is 0 Å². The summed E-state index contributed by atoms with van der Waals surface area (Å²) in [7, 11) is 0. The first kappa shape index (κ1) is 16.7. The Kier molecular flexibility index (Phi) is 4.68. The molecule has 2 N–H and O–H groups in total. The van der Waals surface area contributed by atoms with Crippen molar-refractivity contribution in [2.75, 3.05) is 41.8 Å². The van der Waals surface area contributed by atoms with Gasteiger partial charge in [0.1, 0.15) is 0 Å². The second-order valence-electron chi connectivity index (χ2n) is 6.32. The molecule has 0 atom stereocenters. The zero-order valence-corrected chi connectivity index (χ0v) is 14.4. The summed E-state index contributed by atoms with van der Waals surface area (Å²) in [5.74, 6) is 0.783. The van der Waals surface area contributed by atoms with E-state index in [9.17, 15) is 4.79 Å². The summed E-state index contributed by atoms with van der Waals surface area (Å²) in [6.07, 6.45) is 1.63. The van der Waals surface area contributed by atoms with E-state index < -0.39 is 5.79 Å². The monoisotopic (exact) mass is 355 g/mol. The van der Waals surface area contributed by atoms with Gasteiger partial charge in [-0.1, -0.05) is 18.2 Å². The number of amides is 2. The molecule has 2 aliphatic heterocycles. The van der Waals surface area contributed by atoms with Crippen molar-refractivity contribution in [3.05, 3.63) is 42.5 Å². The highest BCUT2D eigenvalue weighted by atomic mass is 16.7. The van der Waals surface area contributed by atoms with Crippen LogP contribution in [0, 0.1) is 0 Å². The molecule has 2 saturated heterocycles. The molecule has 2 aliphatic rings. The van der Waals surface area contributed by atoms with Crippen molar-refractivity contribution in [2.24, 2.45) is 0 Å². The molecular weight excluding hydrogens is 334 g/mol. The highest BCUT2D eigenvalue weighted by Crippen LogP contribution is 2.32. The van der Waals surface area contributed by atoms with Gasteiger partial charge in [-0.3, -0.25) is 5.32 Å². The van der Waals surface area contributed by atoms with Gasteiger partial charge in [0.15, 0.2) is 17.4 Å². The topological polar surface area (TPSA) is 88.6 Å². The van der Waals surface area contributed by atoms with Crippen LogP contribution in [-0.2, 0) is 9.47 Å². The summed E-state index contributed by atoms with van der Waals surface area (Å²) in [6.45, 7) is 2.95. The molecular formula is C18H21N5O3. The molecule has 26 heavy (non-hydrogen) atoms. The quantitative estimate of drug-likeness (QED) is 0.879. The van der Waals surface area contributed by atoms with Crippen molar-refractivity contribution in [2.45, 2.75) is 18.6 Å². The maximum absolute atomic E-state index is 12.0. The Morgan fingerprint density at radius 2 is 1.69 bits per heavy atom. The summed E-state index contributed by atoms with van der Waals surface area (Å²) >= 11 is 0. The van der Waals surface area contributed by atoms with Gasteiger partial charge in [0.2, 0.25) is 0 Å². The van der Waals surface area contributed by atoms with Crippen LogP contribution in [0.3, 0.4) is 0 Å². The molecule has 2 amide bonds. The molecule has 4 rings (SSSR count). The van der Waals surface area contributed by atoms with Crippen molar-refractivity contribution >= 4 is 23.4 Å². The van der Waals surface area contributed by atoms with Gasteiger partial charge in [-0.2, -0.15) is 0 Å². The predicted octanol–water partition coefficient (Wildman–Crippen LogP) is 2.46. The predicted molar refractivity (Wildman–Crippen MR) is 97.2 cm³/mol. The van der Waals surface area contributed by atoms with Crippen LogP contribution < -0.4 is 15.5 Å². The van der Waals surface area contributed by atoms with Crippen LogP contribution in [0.1, 0.15) is 12.8 Å². The van der Waals surface area contributed by atoms with Gasteiger partial charge in [-0.05, 0) is 24.3 Å². The smallest absolute Gasteiger partial charge is 0.324 e. The highest BCUT2D eigenvalue weighted by molar-refractivity contribution is 5.99. The lowest BCUT2D eigenvalue weighted by molar-refractivity contribution is -0.169. The number of para-hydroxylation sites is 1. The van der Waals surface area contributed by atoms with Crippen LogP contribution in [0.15, 0.2) is 42.5 Å². The minimum absolute atomic E-state index is 0.353. The van der Waals surface area contributed by atoms with Gasteiger partial charge in [0, 0.05) is 31.6 Å². The third kappa shape index (κ3) is 3.76. The average molecular weight is 355 g/mol. The first-order valence-electron chi connectivity index (χ1n) is 8.72. The molecule has 0 radical (unpaired) electrons. The standard InChI is InChI=1S/C18H21N5O3/c24-17(19-14-4-2-1-3-5-14)20-15-6-7-16(22-21-15)23-10-8-18(9-11-23)25-12-13-26-18/h1-7H,8-13H2,(H2,19,20,21,24). The molecule has 1 spiro atoms. The molecule has 0 bridgehead atoms. The lowest BCUT2D eigenvalue weighted by Crippen LogP contribution is -2.45. The summed E-state index contributed by atoms with van der Waals surface area (Å²) in [4.78, 5) is 14.1. The Bertz CT molecular complexity index is 737. The van der Waals surface area contributed by atoms with Crippen molar-refractivity contribution < 1.29 is 14.3 Å². The number of anilines is 3. The maximum Gasteiger partial charge on any atom is 0.324 e. The van der Waals surface area contributed by atoms with Crippen LogP contribution in [0.25, 0.3) is 0 Å². The minimum atomic E-state index is -0.402. The number of nitrogens with zero attached hydrogens (tertiary/aromatic N) is 3. The number of urea groups is 1. The number of carbonyl (C=O) groups is 1. The third-order valence-corrected chi connectivity index (χ3v) is 4.59. The number of rotatable bonds is 3. The Balaban J connectivity index is 1.31. The Morgan fingerprint density at radius 3 is 2.35 bits per heavy atom. The first-order valence-corrected chi connectivity index (χ1v) is 8.72. The second-order valence-corrected chi connectivity index (χ2v) is 6.32. The maximum atomic E-state index is 12.0. The van der Waals surface area contributed by atoms with Gasteiger partial charge in [-0.15, -0.1) is 10.2 Å². The number of nitrogens with one attached hydrogen (secondary N) is 2. The van der Waals surface area contributed by atoms with Gasteiger partial charge in [-0.25, -0.2) is 4.79 Å². The fourth-order valence-electron chi connectivity index (χ4n) is 3.22. The zero-order chi connectivity index (χ0) is 17.8. The number of hydrogen-bond donors (Lipinski definition) is 2. The van der Waals surface area contributed by atoms with Crippen LogP contribution in [0.4, 0.5) is 22.1 Å². The molecule has 0 saturated carbocycles. The van der Waals surface area contributed by atoms with Gasteiger partial charge in [0.25, 0.3) is 0 Å². The summed E-state index contributed by atoms with van der Waals surface area (Å²) in [5, 5.41) is 13.7. The van der Waals surface area contributed by atoms with E-state index in [1.165, 1.54) is 0 Å². The van der Waals surface area contributed by atoms with E-state index in [-0.39, 0.29) is 6.03 Å². The lowest BCUT2D eigenvalue weighted by atomic mass is 10.0. The summed E-state index contributed by atoms with van der Waals surface area (Å²) in [5.41, 5.74) is 0.716. The normalized spacial score (nSPS) is 18.7. The fourth-order valence-corrected chi connectivity index (χ4v) is 3.22. The number of piperidine rings is 1. The van der Waals surface area contributed by atoms with E-state index in [0.29, 0.717) is 24.7 Å². The Morgan fingerprint density at radius 1 is 0.962 bits per heavy atom. The lowest BCUT2D eigenvalue weighted by Gasteiger charge is -2.37.